The molecular formula is C23H29F2N5. The minimum atomic E-state index is -0.849. The van der Waals surface area contributed by atoms with Gasteiger partial charge in [-0.3, -0.25) is 15.3 Å². The standard InChI is InChI=1S/C21H23F2N5.C2H6/c1-11-6-17(22)18(23)8-16(11)14-7-15-10-28(5-4-19(15)25-9-14)21-13(3)12(2)20(24)26-27-21;1-2/h6-9,21,27H,4-5,10H2,1-3H3,(H2,24,26);1-2H3. The van der Waals surface area contributed by atoms with Gasteiger partial charge >= 0.3 is 0 Å². The van der Waals surface area contributed by atoms with Crippen molar-refractivity contribution in [1.82, 2.24) is 15.3 Å². The normalized spacial score (nSPS) is 18.8. The second kappa shape index (κ2) is 8.92. The summed E-state index contributed by atoms with van der Waals surface area (Å²) in [5, 5.41) is 4.22. The topological polar surface area (TPSA) is 66.5 Å². The van der Waals surface area contributed by atoms with Gasteiger partial charge in [0.25, 0.3) is 0 Å². The predicted octanol–water partition coefficient (Wildman–Crippen LogP) is 4.26. The predicted molar refractivity (Wildman–Crippen MR) is 117 cm³/mol. The van der Waals surface area contributed by atoms with Crippen molar-refractivity contribution >= 4 is 5.84 Å². The Labute approximate surface area is 176 Å². The minimum Gasteiger partial charge on any atom is -0.382 e. The van der Waals surface area contributed by atoms with Gasteiger partial charge in [-0.05, 0) is 66.8 Å². The van der Waals surface area contributed by atoms with Crippen molar-refractivity contribution in [2.75, 3.05) is 6.54 Å². The van der Waals surface area contributed by atoms with Gasteiger partial charge in [0.05, 0.1) is 0 Å². The lowest BCUT2D eigenvalue weighted by Gasteiger charge is -2.37. The quantitative estimate of drug-likeness (QED) is 0.772. The van der Waals surface area contributed by atoms with E-state index in [1.807, 2.05) is 26.8 Å². The molecule has 3 N–H and O–H groups in total. The summed E-state index contributed by atoms with van der Waals surface area (Å²) in [5.41, 5.74) is 15.4. The number of aryl methyl sites for hydroxylation is 1. The van der Waals surface area contributed by atoms with Gasteiger partial charge in [-0.1, -0.05) is 13.8 Å². The van der Waals surface area contributed by atoms with Gasteiger partial charge in [0.1, 0.15) is 12.0 Å². The average Bonchev–Trinajstić information content (AvgIpc) is 2.75. The molecule has 7 heteroatoms. The van der Waals surface area contributed by atoms with Crippen molar-refractivity contribution in [2.45, 2.75) is 53.8 Å². The Morgan fingerprint density at radius 3 is 2.53 bits per heavy atom. The zero-order valence-electron chi connectivity index (χ0n) is 18.2. The molecule has 0 saturated carbocycles. The van der Waals surface area contributed by atoms with Crippen molar-refractivity contribution in [3.63, 3.8) is 0 Å². The molecule has 30 heavy (non-hydrogen) atoms. The summed E-state index contributed by atoms with van der Waals surface area (Å²) in [7, 11) is 0. The van der Waals surface area contributed by atoms with Gasteiger partial charge < -0.3 is 5.73 Å². The summed E-state index contributed by atoms with van der Waals surface area (Å²) in [5.74, 6) is -1.17. The third-order valence-corrected chi connectivity index (χ3v) is 5.71. The maximum atomic E-state index is 13.8. The van der Waals surface area contributed by atoms with Gasteiger partial charge in [0, 0.05) is 37.0 Å². The molecule has 0 fully saturated rings. The summed E-state index contributed by atoms with van der Waals surface area (Å²) in [6.45, 7) is 11.3. The highest BCUT2D eigenvalue weighted by Gasteiger charge is 2.28. The lowest BCUT2D eigenvalue weighted by molar-refractivity contribution is 0.171. The Balaban J connectivity index is 0.00000124. The van der Waals surface area contributed by atoms with Crippen LogP contribution in [0.3, 0.4) is 0 Å². The lowest BCUT2D eigenvalue weighted by atomic mass is 9.96. The number of fused-ring (bicyclic) bond motifs is 1. The molecule has 0 bridgehead atoms. The van der Waals surface area contributed by atoms with Crippen LogP contribution in [-0.4, -0.2) is 28.4 Å². The van der Waals surface area contributed by atoms with Gasteiger partial charge in [-0.25, -0.2) is 8.78 Å². The number of nitrogens with one attached hydrogen (secondary N) is 1. The lowest BCUT2D eigenvalue weighted by Crippen LogP contribution is -2.50. The number of rotatable bonds is 2. The van der Waals surface area contributed by atoms with E-state index in [2.05, 4.69) is 27.3 Å². The first-order valence-corrected chi connectivity index (χ1v) is 10.3. The van der Waals surface area contributed by atoms with E-state index >= 15 is 0 Å². The van der Waals surface area contributed by atoms with Gasteiger partial charge in [-0.15, -0.1) is 0 Å². The second-order valence-corrected chi connectivity index (χ2v) is 7.47. The number of aromatic nitrogens is 1. The third-order valence-electron chi connectivity index (χ3n) is 5.71. The van der Waals surface area contributed by atoms with E-state index in [-0.39, 0.29) is 6.17 Å². The molecule has 160 valence electrons. The van der Waals surface area contributed by atoms with Crippen LogP contribution in [0.2, 0.25) is 0 Å². The maximum Gasteiger partial charge on any atom is 0.159 e. The molecule has 1 aromatic carbocycles. The molecule has 0 saturated heterocycles. The first-order chi connectivity index (χ1) is 14.3. The summed E-state index contributed by atoms with van der Waals surface area (Å²) >= 11 is 0. The Kier molecular flexibility index (Phi) is 6.51. The number of pyridine rings is 1. The molecule has 0 radical (unpaired) electrons. The molecule has 0 aliphatic carbocycles. The first-order valence-electron chi connectivity index (χ1n) is 10.3. The number of halogens is 2. The van der Waals surface area contributed by atoms with Gasteiger partial charge in [0.15, 0.2) is 11.6 Å². The number of hydrogen-bond acceptors (Lipinski definition) is 5. The fourth-order valence-corrected chi connectivity index (χ4v) is 3.85. The number of hydrogen-bond donors (Lipinski definition) is 2. The largest absolute Gasteiger partial charge is 0.382 e. The molecule has 4 rings (SSSR count). The van der Waals surface area contributed by atoms with Crippen LogP contribution in [0.1, 0.15) is 44.5 Å². The zero-order valence-corrected chi connectivity index (χ0v) is 18.2. The number of hydrazone groups is 1. The molecule has 1 unspecified atom stereocenters. The highest BCUT2D eigenvalue weighted by molar-refractivity contribution is 5.97. The van der Waals surface area contributed by atoms with E-state index in [0.29, 0.717) is 23.5 Å². The molecule has 3 heterocycles. The smallest absolute Gasteiger partial charge is 0.159 e. The van der Waals surface area contributed by atoms with Crippen LogP contribution < -0.4 is 11.2 Å². The van der Waals surface area contributed by atoms with Crippen LogP contribution in [0.4, 0.5) is 8.78 Å². The molecule has 0 spiro atoms. The molecule has 5 nitrogen and oxygen atoms in total. The second-order valence-electron chi connectivity index (χ2n) is 7.47. The molecule has 1 aromatic heterocycles. The monoisotopic (exact) mass is 413 g/mol. The van der Waals surface area contributed by atoms with Crippen LogP contribution in [0.5, 0.6) is 0 Å². The number of nitrogens with two attached hydrogens (primary N) is 1. The Morgan fingerprint density at radius 2 is 1.80 bits per heavy atom. The summed E-state index contributed by atoms with van der Waals surface area (Å²) in [6.07, 6.45) is 2.54. The number of benzene rings is 1. The van der Waals surface area contributed by atoms with Crippen molar-refractivity contribution in [2.24, 2.45) is 10.8 Å². The van der Waals surface area contributed by atoms with Crippen molar-refractivity contribution < 1.29 is 8.78 Å². The Bertz CT molecular complexity index is 1010. The van der Waals surface area contributed by atoms with E-state index in [1.165, 1.54) is 12.1 Å². The summed E-state index contributed by atoms with van der Waals surface area (Å²) < 4.78 is 27.2. The van der Waals surface area contributed by atoms with Gasteiger partial charge in [-0.2, -0.15) is 5.10 Å². The fourth-order valence-electron chi connectivity index (χ4n) is 3.85. The molecule has 2 aliphatic heterocycles. The Hall–Kier alpha value is -2.80. The third kappa shape index (κ3) is 4.07. The summed E-state index contributed by atoms with van der Waals surface area (Å²) in [6, 6.07) is 4.49. The highest BCUT2D eigenvalue weighted by atomic mass is 19.2. The van der Waals surface area contributed by atoms with Crippen molar-refractivity contribution in [1.29, 1.82) is 0 Å². The van der Waals surface area contributed by atoms with Crippen molar-refractivity contribution in [3.8, 4) is 11.1 Å². The van der Waals surface area contributed by atoms with Crippen LogP contribution in [0, 0.1) is 18.6 Å². The van der Waals surface area contributed by atoms with Crippen molar-refractivity contribution in [3.05, 3.63) is 64.0 Å². The first kappa shape index (κ1) is 21.9. The summed E-state index contributed by atoms with van der Waals surface area (Å²) in [4.78, 5) is 6.88. The van der Waals surface area contributed by atoms with Crippen LogP contribution >= 0.6 is 0 Å². The van der Waals surface area contributed by atoms with Gasteiger partial charge in [0.2, 0.25) is 0 Å². The Morgan fingerprint density at radius 1 is 1.10 bits per heavy atom. The molecule has 0 amide bonds. The number of nitrogens with zero attached hydrogens (tertiary/aromatic N) is 3. The highest BCUT2D eigenvalue weighted by Crippen LogP contribution is 2.30. The molecular weight excluding hydrogens is 384 g/mol. The molecule has 2 aromatic rings. The van der Waals surface area contributed by atoms with E-state index in [9.17, 15) is 8.78 Å². The van der Waals surface area contributed by atoms with E-state index in [0.717, 1.165) is 40.9 Å². The SMILES string of the molecule is CC.CC1=C(C)C(N2CCc3ncc(-c4cc(F)c(F)cc4C)cc3C2)NN=C1N. The molecule has 2 aliphatic rings. The average molecular weight is 414 g/mol. The van der Waals surface area contributed by atoms with E-state index in [4.69, 9.17) is 5.73 Å². The molecule has 1 atom stereocenters. The zero-order chi connectivity index (χ0) is 22.0. The van der Waals surface area contributed by atoms with Crippen LogP contribution in [-0.2, 0) is 13.0 Å². The van der Waals surface area contributed by atoms with Crippen LogP contribution in [0.15, 0.2) is 40.6 Å². The maximum absolute atomic E-state index is 13.8. The van der Waals surface area contributed by atoms with E-state index in [1.54, 1.807) is 13.1 Å². The number of amidine groups is 1. The van der Waals surface area contributed by atoms with E-state index < -0.39 is 11.6 Å². The van der Waals surface area contributed by atoms with Crippen LogP contribution in [0.25, 0.3) is 11.1 Å². The minimum absolute atomic E-state index is 0.0193. The fraction of sp³-hybridized carbons (Fsp3) is 0.391.